The lowest BCUT2D eigenvalue weighted by molar-refractivity contribution is 0.0518. The lowest BCUT2D eigenvalue weighted by atomic mass is 10.4. The van der Waals surface area contributed by atoms with E-state index in [2.05, 4.69) is 5.32 Å². The predicted octanol–water partition coefficient (Wildman–Crippen LogP) is -1.05. The Morgan fingerprint density at radius 3 is 2.36 bits per heavy atom. The lowest BCUT2D eigenvalue weighted by Gasteiger charge is -2.05. The summed E-state index contributed by atoms with van der Waals surface area (Å²) in [5, 5.41) is 11.6. The zero-order valence-electron chi connectivity index (χ0n) is 8.71. The Bertz CT molecular complexity index is 92.1. The zero-order chi connectivity index (χ0) is 10.5. The summed E-state index contributed by atoms with van der Waals surface area (Å²) in [5.74, 6) is 0. The molecule has 5 heteroatoms. The molecule has 5 nitrogen and oxygen atoms in total. The Morgan fingerprint density at radius 2 is 1.71 bits per heavy atom. The van der Waals surface area contributed by atoms with Gasteiger partial charge < -0.3 is 25.6 Å². The highest BCUT2D eigenvalue weighted by Crippen LogP contribution is 1.78. The number of nitrogens with one attached hydrogen (secondary N) is 1. The van der Waals surface area contributed by atoms with Crippen LogP contribution in [-0.2, 0) is 9.47 Å². The summed E-state index contributed by atoms with van der Waals surface area (Å²) in [6.45, 7) is 4.94. The summed E-state index contributed by atoms with van der Waals surface area (Å²) in [7, 11) is 0. The molecule has 0 aliphatic rings. The van der Waals surface area contributed by atoms with Crippen molar-refractivity contribution in [2.45, 2.75) is 6.42 Å². The summed E-state index contributed by atoms with van der Waals surface area (Å²) in [5.41, 5.74) is 5.24. The Balaban J connectivity index is 2.78. The van der Waals surface area contributed by atoms with Crippen molar-refractivity contribution in [3.63, 3.8) is 0 Å². The fraction of sp³-hybridized carbons (Fsp3) is 1.00. The molecular formula is C9H22N2O3. The molecule has 0 aromatic carbocycles. The van der Waals surface area contributed by atoms with Crippen molar-refractivity contribution in [2.24, 2.45) is 5.73 Å². The van der Waals surface area contributed by atoms with Crippen LogP contribution in [0.3, 0.4) is 0 Å². The van der Waals surface area contributed by atoms with E-state index < -0.39 is 0 Å². The van der Waals surface area contributed by atoms with E-state index in [1.54, 1.807) is 0 Å². The fourth-order valence-corrected chi connectivity index (χ4v) is 0.879. The van der Waals surface area contributed by atoms with Gasteiger partial charge in [-0.2, -0.15) is 0 Å². The molecule has 86 valence electrons. The normalized spacial score (nSPS) is 10.7. The van der Waals surface area contributed by atoms with Gasteiger partial charge in [0.25, 0.3) is 0 Å². The van der Waals surface area contributed by atoms with Crippen LogP contribution in [0.1, 0.15) is 6.42 Å². The monoisotopic (exact) mass is 206 g/mol. The molecular weight excluding hydrogens is 184 g/mol. The van der Waals surface area contributed by atoms with Crippen molar-refractivity contribution in [3.8, 4) is 0 Å². The van der Waals surface area contributed by atoms with E-state index in [1.807, 2.05) is 0 Å². The molecule has 0 saturated carbocycles. The molecule has 0 saturated heterocycles. The molecule has 0 radical (unpaired) electrons. The summed E-state index contributed by atoms with van der Waals surface area (Å²) in [6.07, 6.45) is 0.791. The fourth-order valence-electron chi connectivity index (χ4n) is 0.879. The van der Waals surface area contributed by atoms with Crippen molar-refractivity contribution in [3.05, 3.63) is 0 Å². The molecule has 0 aromatic rings. The molecule has 0 atom stereocenters. The van der Waals surface area contributed by atoms with Crippen LogP contribution >= 0.6 is 0 Å². The number of hydrogen-bond donors (Lipinski definition) is 3. The highest BCUT2D eigenvalue weighted by molar-refractivity contribution is 4.45. The van der Waals surface area contributed by atoms with E-state index in [-0.39, 0.29) is 6.61 Å². The first-order chi connectivity index (χ1) is 6.91. The highest BCUT2D eigenvalue weighted by Gasteiger charge is 1.89. The Morgan fingerprint density at radius 1 is 1.00 bits per heavy atom. The van der Waals surface area contributed by atoms with Gasteiger partial charge in [-0.3, -0.25) is 0 Å². The minimum Gasteiger partial charge on any atom is -0.396 e. The van der Waals surface area contributed by atoms with Crippen molar-refractivity contribution in [1.82, 2.24) is 5.32 Å². The first-order valence-electron chi connectivity index (χ1n) is 5.09. The third-order valence-electron chi connectivity index (χ3n) is 1.57. The number of nitrogens with two attached hydrogens (primary N) is 1. The zero-order valence-corrected chi connectivity index (χ0v) is 8.71. The van der Waals surface area contributed by atoms with Crippen LogP contribution < -0.4 is 11.1 Å². The molecule has 0 rings (SSSR count). The number of aliphatic hydroxyl groups is 1. The minimum absolute atomic E-state index is 0.237. The maximum Gasteiger partial charge on any atom is 0.0701 e. The Labute approximate surface area is 85.6 Å². The average Bonchev–Trinajstić information content (AvgIpc) is 2.21. The van der Waals surface area contributed by atoms with E-state index in [1.165, 1.54) is 0 Å². The van der Waals surface area contributed by atoms with Gasteiger partial charge in [-0.1, -0.05) is 0 Å². The summed E-state index contributed by atoms with van der Waals surface area (Å²) in [4.78, 5) is 0. The second-order valence-electron chi connectivity index (χ2n) is 2.84. The molecule has 0 unspecified atom stereocenters. The Hall–Kier alpha value is -0.200. The predicted molar refractivity (Wildman–Crippen MR) is 55.3 cm³/mol. The quantitative estimate of drug-likeness (QED) is 0.376. The van der Waals surface area contributed by atoms with Gasteiger partial charge in [0.05, 0.1) is 26.4 Å². The number of ether oxygens (including phenoxy) is 2. The Kier molecular flexibility index (Phi) is 12.6. The van der Waals surface area contributed by atoms with Gasteiger partial charge in [0.1, 0.15) is 0 Å². The van der Waals surface area contributed by atoms with Crippen molar-refractivity contribution < 1.29 is 14.6 Å². The highest BCUT2D eigenvalue weighted by atomic mass is 16.5. The standard InChI is InChI=1S/C9H22N2O3/c10-2-6-13-8-9-14-7-4-11-3-1-5-12/h11-12H,1-10H2. The third kappa shape index (κ3) is 11.8. The molecule has 0 heterocycles. The largest absolute Gasteiger partial charge is 0.396 e. The molecule has 0 fully saturated rings. The number of hydrogen-bond acceptors (Lipinski definition) is 5. The molecule has 0 aliphatic heterocycles. The van der Waals surface area contributed by atoms with Crippen LogP contribution in [0.2, 0.25) is 0 Å². The molecule has 0 spiro atoms. The van der Waals surface area contributed by atoms with Crippen molar-refractivity contribution >= 4 is 0 Å². The summed E-state index contributed by atoms with van der Waals surface area (Å²) < 4.78 is 10.4. The smallest absolute Gasteiger partial charge is 0.0701 e. The molecule has 14 heavy (non-hydrogen) atoms. The molecule has 0 amide bonds. The lowest BCUT2D eigenvalue weighted by Crippen LogP contribution is -2.22. The molecule has 0 aromatic heterocycles. The molecule has 4 N–H and O–H groups in total. The van der Waals surface area contributed by atoms with Crippen molar-refractivity contribution in [1.29, 1.82) is 0 Å². The van der Waals surface area contributed by atoms with Gasteiger partial charge in [0.15, 0.2) is 0 Å². The molecule has 0 aliphatic carbocycles. The number of aliphatic hydroxyl groups excluding tert-OH is 1. The van der Waals surface area contributed by atoms with E-state index >= 15 is 0 Å². The van der Waals surface area contributed by atoms with E-state index in [0.29, 0.717) is 33.0 Å². The van der Waals surface area contributed by atoms with Gasteiger partial charge in [0.2, 0.25) is 0 Å². The van der Waals surface area contributed by atoms with Gasteiger partial charge in [0, 0.05) is 19.7 Å². The first kappa shape index (κ1) is 13.8. The van der Waals surface area contributed by atoms with Crippen LogP contribution in [0.4, 0.5) is 0 Å². The van der Waals surface area contributed by atoms with Crippen LogP contribution in [0.15, 0.2) is 0 Å². The number of rotatable bonds is 11. The van der Waals surface area contributed by atoms with Gasteiger partial charge >= 0.3 is 0 Å². The van der Waals surface area contributed by atoms with Crippen LogP contribution in [0.25, 0.3) is 0 Å². The maximum atomic E-state index is 8.49. The first-order valence-corrected chi connectivity index (χ1v) is 5.09. The van der Waals surface area contributed by atoms with Crippen LogP contribution in [-0.4, -0.2) is 57.8 Å². The van der Waals surface area contributed by atoms with Gasteiger partial charge in [-0.15, -0.1) is 0 Å². The summed E-state index contributed by atoms with van der Waals surface area (Å²) >= 11 is 0. The van der Waals surface area contributed by atoms with Crippen LogP contribution in [0.5, 0.6) is 0 Å². The second kappa shape index (κ2) is 12.8. The topological polar surface area (TPSA) is 76.7 Å². The third-order valence-corrected chi connectivity index (χ3v) is 1.57. The second-order valence-corrected chi connectivity index (χ2v) is 2.84. The minimum atomic E-state index is 0.237. The average molecular weight is 206 g/mol. The SMILES string of the molecule is NCCOCCOCCNCCCO. The molecule has 0 bridgehead atoms. The van der Waals surface area contributed by atoms with Crippen molar-refractivity contribution in [2.75, 3.05) is 52.7 Å². The van der Waals surface area contributed by atoms with E-state index in [4.69, 9.17) is 20.3 Å². The maximum absolute atomic E-state index is 8.49. The van der Waals surface area contributed by atoms with E-state index in [9.17, 15) is 0 Å². The summed E-state index contributed by atoms with van der Waals surface area (Å²) in [6, 6.07) is 0. The van der Waals surface area contributed by atoms with Gasteiger partial charge in [-0.05, 0) is 13.0 Å². The van der Waals surface area contributed by atoms with Gasteiger partial charge in [-0.25, -0.2) is 0 Å². The van der Waals surface area contributed by atoms with E-state index in [0.717, 1.165) is 19.5 Å². The van der Waals surface area contributed by atoms with Crippen LogP contribution in [0, 0.1) is 0 Å².